The average Bonchev–Trinajstić information content (AvgIpc) is 4.08. The Labute approximate surface area is 394 Å². The van der Waals surface area contributed by atoms with Gasteiger partial charge in [-0.1, -0.05) is 67.2 Å². The zero-order chi connectivity index (χ0) is 48.4. The summed E-state index contributed by atoms with van der Waals surface area (Å²) in [7, 11) is 3.20. The molecule has 65 heavy (non-hydrogen) atoms. The second-order valence-corrected chi connectivity index (χ2v) is 15.6. The third-order valence-electron chi connectivity index (χ3n) is 8.71. The molecule has 0 aliphatic carbocycles. The number of ether oxygens (including phenoxy) is 3. The van der Waals surface area contributed by atoms with Crippen molar-refractivity contribution < 1.29 is 28.9 Å². The number of hydrogen-bond acceptors (Lipinski definition) is 16. The molecule has 6 rings (SSSR count). The van der Waals surface area contributed by atoms with E-state index in [0.717, 1.165) is 5.69 Å². The van der Waals surface area contributed by atoms with Gasteiger partial charge in [0.15, 0.2) is 11.5 Å². The molecule has 25 heteroatoms. The SMILES string of the molecule is CC(C)(O)C#N.CCN(CC)CC.Cc1[nH]n(C)c(=O)c1C(=O)c1ccc(Cl)c(OCCn2cnnn2)c1Cl.Cc1cc(OC(=O)c2ccc(Cl)c(OCCn3cnnn3)c2Cl)n(C)n1. The van der Waals surface area contributed by atoms with E-state index in [0.29, 0.717) is 24.7 Å². The largest absolute Gasteiger partial charge is 0.488 e. The van der Waals surface area contributed by atoms with Crippen molar-refractivity contribution in [1.82, 2.24) is 64.9 Å². The Balaban J connectivity index is 0.000000272. The molecular weight excluding hydrogens is 930 g/mol. The number of aromatic nitrogens is 12. The number of ketones is 1. The minimum absolute atomic E-state index is 0.0244. The molecule has 0 amide bonds. The van der Waals surface area contributed by atoms with E-state index in [1.807, 2.05) is 0 Å². The van der Waals surface area contributed by atoms with E-state index in [1.165, 1.54) is 96.2 Å². The van der Waals surface area contributed by atoms with Crippen molar-refractivity contribution in [2.75, 3.05) is 32.8 Å². The van der Waals surface area contributed by atoms with Gasteiger partial charge in [0, 0.05) is 31.4 Å². The molecule has 0 spiro atoms. The Morgan fingerprint density at radius 3 is 1.69 bits per heavy atom. The van der Waals surface area contributed by atoms with E-state index in [2.05, 4.69) is 66.9 Å². The van der Waals surface area contributed by atoms with Crippen LogP contribution in [0.2, 0.25) is 20.1 Å². The number of hydrogen-bond donors (Lipinski definition) is 2. The van der Waals surface area contributed by atoms with Crippen molar-refractivity contribution in [1.29, 1.82) is 5.26 Å². The van der Waals surface area contributed by atoms with Crippen LogP contribution < -0.4 is 19.8 Å². The minimum atomic E-state index is -1.15. The molecule has 6 aromatic rings. The van der Waals surface area contributed by atoms with Gasteiger partial charge in [0.25, 0.3) is 5.56 Å². The number of benzene rings is 2. The molecule has 0 saturated heterocycles. The second-order valence-electron chi connectivity index (χ2n) is 14.1. The number of nitriles is 1. The molecule has 0 unspecified atom stereocenters. The number of H-pyrrole nitrogens is 1. The molecule has 0 atom stereocenters. The van der Waals surface area contributed by atoms with Crippen LogP contribution in [0.4, 0.5) is 0 Å². The van der Waals surface area contributed by atoms with Gasteiger partial charge in [-0.3, -0.25) is 19.4 Å². The van der Waals surface area contributed by atoms with Gasteiger partial charge in [0.05, 0.1) is 50.5 Å². The van der Waals surface area contributed by atoms with Crippen LogP contribution in [0.15, 0.2) is 47.8 Å². The third-order valence-corrected chi connectivity index (χ3v) is 10.1. The Morgan fingerprint density at radius 2 is 1.32 bits per heavy atom. The van der Waals surface area contributed by atoms with Crippen LogP contribution in [0.1, 0.15) is 72.3 Å². The summed E-state index contributed by atoms with van der Waals surface area (Å²) in [6.45, 7) is 17.6. The van der Waals surface area contributed by atoms with Crippen molar-refractivity contribution in [2.45, 2.75) is 67.2 Å². The molecular formula is C40H50Cl4N14O7. The molecule has 0 bridgehead atoms. The average molecular weight is 981 g/mol. The summed E-state index contributed by atoms with van der Waals surface area (Å²) in [5.74, 6) is -0.481. The molecule has 0 fully saturated rings. The highest BCUT2D eigenvalue weighted by Crippen LogP contribution is 2.37. The lowest BCUT2D eigenvalue weighted by molar-refractivity contribution is 0.0719. The number of aryl methyl sites for hydroxylation is 4. The van der Waals surface area contributed by atoms with Gasteiger partial charge in [0.2, 0.25) is 11.7 Å². The number of esters is 1. The van der Waals surface area contributed by atoms with Crippen molar-refractivity contribution in [3.63, 3.8) is 0 Å². The maximum atomic E-state index is 12.8. The number of carbonyl (C=O) groups excluding carboxylic acids is 2. The predicted molar refractivity (Wildman–Crippen MR) is 242 cm³/mol. The number of rotatable bonds is 15. The summed E-state index contributed by atoms with van der Waals surface area (Å²) in [6.07, 6.45) is 2.90. The van der Waals surface area contributed by atoms with E-state index >= 15 is 0 Å². The van der Waals surface area contributed by atoms with E-state index in [1.54, 1.807) is 33.0 Å². The molecule has 2 N–H and O–H groups in total. The van der Waals surface area contributed by atoms with Crippen molar-refractivity contribution >= 4 is 58.2 Å². The summed E-state index contributed by atoms with van der Waals surface area (Å²) in [6, 6.07) is 9.26. The fourth-order valence-corrected chi connectivity index (χ4v) is 6.42. The van der Waals surface area contributed by atoms with Gasteiger partial charge in [0.1, 0.15) is 37.0 Å². The highest BCUT2D eigenvalue weighted by atomic mass is 35.5. The first-order valence-corrected chi connectivity index (χ1v) is 21.3. The van der Waals surface area contributed by atoms with Gasteiger partial charge < -0.3 is 24.2 Å². The zero-order valence-corrected chi connectivity index (χ0v) is 40.2. The van der Waals surface area contributed by atoms with E-state index < -0.39 is 22.9 Å². The number of nitrogens with one attached hydrogen (secondary N) is 1. The van der Waals surface area contributed by atoms with Crippen molar-refractivity contribution in [2.24, 2.45) is 14.1 Å². The van der Waals surface area contributed by atoms with Crippen molar-refractivity contribution in [3.05, 3.63) is 102 Å². The zero-order valence-electron chi connectivity index (χ0n) is 37.2. The lowest BCUT2D eigenvalue weighted by Crippen LogP contribution is -2.21. The lowest BCUT2D eigenvalue weighted by Gasteiger charge is -2.13. The normalized spacial score (nSPS) is 10.7. The van der Waals surface area contributed by atoms with Gasteiger partial charge in [-0.05, 0) is 92.4 Å². The number of aromatic amines is 1. The molecule has 0 radical (unpaired) electrons. The molecule has 350 valence electrons. The van der Waals surface area contributed by atoms with Crippen LogP contribution >= 0.6 is 46.4 Å². The monoisotopic (exact) mass is 978 g/mol. The Hall–Kier alpha value is -5.89. The fraction of sp³-hybridized carbons (Fsp3) is 0.425. The highest BCUT2D eigenvalue weighted by Gasteiger charge is 2.25. The first-order chi connectivity index (χ1) is 30.8. The molecule has 0 aliphatic heterocycles. The smallest absolute Gasteiger partial charge is 0.346 e. The van der Waals surface area contributed by atoms with Gasteiger partial charge in [-0.15, -0.1) is 10.2 Å². The second kappa shape index (κ2) is 25.6. The molecule has 2 aromatic carbocycles. The van der Waals surface area contributed by atoms with Gasteiger partial charge in [-0.2, -0.15) is 10.4 Å². The number of halogens is 4. The summed E-state index contributed by atoms with van der Waals surface area (Å²) < 4.78 is 22.2. The summed E-state index contributed by atoms with van der Waals surface area (Å²) in [4.78, 5) is 39.8. The Morgan fingerprint density at radius 1 is 0.846 bits per heavy atom. The Kier molecular flexibility index (Phi) is 21.0. The van der Waals surface area contributed by atoms with E-state index in [4.69, 9.17) is 71.0 Å². The maximum absolute atomic E-state index is 12.8. The van der Waals surface area contributed by atoms with Crippen LogP contribution in [0, 0.1) is 25.2 Å². The fourth-order valence-electron chi connectivity index (χ4n) is 5.30. The number of aliphatic hydroxyl groups is 1. The first kappa shape index (κ1) is 53.4. The van der Waals surface area contributed by atoms with Crippen molar-refractivity contribution in [3.8, 4) is 23.4 Å². The van der Waals surface area contributed by atoms with Crippen LogP contribution in [-0.2, 0) is 27.2 Å². The third kappa shape index (κ3) is 15.9. The topological polar surface area (TPSA) is 252 Å². The van der Waals surface area contributed by atoms with Crippen LogP contribution in [-0.4, -0.2) is 120 Å². The van der Waals surface area contributed by atoms with Gasteiger partial charge >= 0.3 is 5.97 Å². The number of nitrogens with zero attached hydrogens (tertiary/aromatic N) is 13. The standard InChI is InChI=1S/2C15H14Cl2N6O3.C6H15N.C4H7NO/c1-9-7-12(22(2)19-9)26-15(24)10-3-4-11(16)14(13(10)17)25-6-5-23-8-18-20-21-23;1-8-11(15(25)22(2)19-8)13(24)9-3-4-10(16)14(12(9)17)26-6-5-23-7-18-20-21-23;1-4-7(5-2)6-3;1-4(2,6)3-5/h3-4,7-8H,5-6H2,1-2H3;3-4,7,19H,5-6H2,1-2H3;4-6H2,1-3H3;6H,1-2H3. The first-order valence-electron chi connectivity index (χ1n) is 19.8. The highest BCUT2D eigenvalue weighted by molar-refractivity contribution is 6.40. The van der Waals surface area contributed by atoms with Gasteiger partial charge in [-0.25, -0.2) is 18.8 Å². The van der Waals surface area contributed by atoms with E-state index in [-0.39, 0.29) is 61.5 Å². The molecule has 0 aliphatic rings. The summed E-state index contributed by atoms with van der Waals surface area (Å²) in [5.41, 5.74) is -0.115. The summed E-state index contributed by atoms with van der Waals surface area (Å²) in [5, 5.41) is 45.4. The number of carbonyl (C=O) groups is 2. The maximum Gasteiger partial charge on any atom is 0.346 e. The lowest BCUT2D eigenvalue weighted by atomic mass is 10.0. The predicted octanol–water partition coefficient (Wildman–Crippen LogP) is 5.57. The van der Waals surface area contributed by atoms with E-state index in [9.17, 15) is 14.4 Å². The molecule has 21 nitrogen and oxygen atoms in total. The molecule has 4 aromatic heterocycles. The van der Waals surface area contributed by atoms with Crippen LogP contribution in [0.3, 0.4) is 0 Å². The van der Waals surface area contributed by atoms with Crippen LogP contribution in [0.25, 0.3) is 0 Å². The molecule has 4 heterocycles. The molecule has 0 saturated carbocycles. The van der Waals surface area contributed by atoms with Crippen LogP contribution in [0.5, 0.6) is 17.4 Å². The summed E-state index contributed by atoms with van der Waals surface area (Å²) >= 11 is 24.9. The quantitative estimate of drug-likeness (QED) is 0.0724. The minimum Gasteiger partial charge on any atom is -0.488 e. The Bertz CT molecular complexity index is 2550. The number of tetrazole rings is 2.